The minimum absolute atomic E-state index is 0.0845. The van der Waals surface area contributed by atoms with Crippen LogP contribution in [0.2, 0.25) is 0 Å². The highest BCUT2D eigenvalue weighted by molar-refractivity contribution is 5.33. The second-order valence-electron chi connectivity index (χ2n) is 8.25. The van der Waals surface area contributed by atoms with Gasteiger partial charge in [0.1, 0.15) is 0 Å². The summed E-state index contributed by atoms with van der Waals surface area (Å²) in [6.45, 7) is 5.68. The van der Waals surface area contributed by atoms with Gasteiger partial charge in [0.2, 0.25) is 5.82 Å². The van der Waals surface area contributed by atoms with Gasteiger partial charge in [-0.3, -0.25) is 0 Å². The lowest BCUT2D eigenvalue weighted by molar-refractivity contribution is 0.156. The summed E-state index contributed by atoms with van der Waals surface area (Å²) < 4.78 is 33.5. The minimum atomic E-state index is -0.890. The van der Waals surface area contributed by atoms with E-state index in [1.807, 2.05) is 0 Å². The Balaban J connectivity index is 1.56. The molecule has 2 saturated carbocycles. The quantitative estimate of drug-likeness (QED) is 0.480. The molecule has 1 nitrogen and oxygen atoms in total. The molecule has 0 heterocycles. The van der Waals surface area contributed by atoms with Crippen LogP contribution in [-0.4, -0.2) is 0 Å². The molecule has 0 aromatic heterocycles. The Morgan fingerprint density at radius 1 is 0.962 bits per heavy atom. The number of rotatable bonds is 6. The van der Waals surface area contributed by atoms with Gasteiger partial charge in [0, 0.05) is 0 Å². The van der Waals surface area contributed by atoms with E-state index in [4.69, 9.17) is 4.74 Å². The smallest absolute Gasteiger partial charge is 0.201 e. The van der Waals surface area contributed by atoms with Crippen LogP contribution in [0.3, 0.4) is 0 Å². The fourth-order valence-corrected chi connectivity index (χ4v) is 5.30. The Hall–Kier alpha value is -1.38. The molecule has 0 N–H and O–H groups in total. The van der Waals surface area contributed by atoms with Crippen molar-refractivity contribution in [2.24, 2.45) is 17.8 Å². The normalized spacial score (nSPS) is 29.3. The van der Waals surface area contributed by atoms with E-state index >= 15 is 0 Å². The minimum Gasteiger partial charge on any atom is -0.462 e. The summed E-state index contributed by atoms with van der Waals surface area (Å²) >= 11 is 0. The number of ether oxygens (including phenoxy) is 1. The van der Waals surface area contributed by atoms with E-state index < -0.39 is 11.6 Å². The third kappa shape index (κ3) is 4.29. The number of hydrogen-bond acceptors (Lipinski definition) is 1. The van der Waals surface area contributed by atoms with Crippen LogP contribution in [0.5, 0.6) is 5.75 Å². The SMILES string of the molecule is C=COc1ccc(C2CCC(C3CCC(CCC)CC3)CC2)c(F)c1F. The average molecular weight is 363 g/mol. The number of hydrogen-bond donors (Lipinski definition) is 0. The zero-order chi connectivity index (χ0) is 18.5. The summed E-state index contributed by atoms with van der Waals surface area (Å²) in [5.74, 6) is 1.00. The third-order valence-electron chi connectivity index (χ3n) is 6.75. The molecule has 0 amide bonds. The van der Waals surface area contributed by atoms with E-state index in [1.54, 1.807) is 6.07 Å². The zero-order valence-corrected chi connectivity index (χ0v) is 16.0. The van der Waals surface area contributed by atoms with Crippen LogP contribution in [0.15, 0.2) is 25.0 Å². The number of halogens is 2. The van der Waals surface area contributed by atoms with Crippen molar-refractivity contribution in [3.8, 4) is 5.75 Å². The van der Waals surface area contributed by atoms with E-state index in [9.17, 15) is 8.78 Å². The molecule has 0 saturated heterocycles. The Morgan fingerprint density at radius 3 is 2.15 bits per heavy atom. The second-order valence-corrected chi connectivity index (χ2v) is 8.25. The molecule has 2 fully saturated rings. The van der Waals surface area contributed by atoms with Crippen LogP contribution < -0.4 is 4.74 Å². The average Bonchev–Trinajstić information content (AvgIpc) is 2.67. The monoisotopic (exact) mass is 362 g/mol. The first-order valence-corrected chi connectivity index (χ1v) is 10.4. The van der Waals surface area contributed by atoms with Crippen molar-refractivity contribution in [2.75, 3.05) is 0 Å². The van der Waals surface area contributed by atoms with Crippen molar-refractivity contribution in [3.63, 3.8) is 0 Å². The van der Waals surface area contributed by atoms with E-state index in [0.717, 1.165) is 49.7 Å². The largest absolute Gasteiger partial charge is 0.462 e. The molecule has 1 aromatic carbocycles. The molecule has 3 heteroatoms. The van der Waals surface area contributed by atoms with Crippen LogP contribution in [0, 0.1) is 29.4 Å². The van der Waals surface area contributed by atoms with Gasteiger partial charge in [0.05, 0.1) is 6.26 Å². The Bertz CT molecular complexity index is 596. The highest BCUT2D eigenvalue weighted by Gasteiger charge is 2.32. The van der Waals surface area contributed by atoms with Gasteiger partial charge in [0.15, 0.2) is 11.6 Å². The zero-order valence-electron chi connectivity index (χ0n) is 16.0. The van der Waals surface area contributed by atoms with Crippen LogP contribution in [0.4, 0.5) is 8.78 Å². The maximum absolute atomic E-state index is 14.4. The molecule has 0 unspecified atom stereocenters. The third-order valence-corrected chi connectivity index (χ3v) is 6.75. The van der Waals surface area contributed by atoms with Gasteiger partial charge in [-0.05, 0) is 73.8 Å². The first kappa shape index (κ1) is 19.4. The van der Waals surface area contributed by atoms with Crippen molar-refractivity contribution in [1.29, 1.82) is 0 Å². The molecular formula is C23H32F2O. The van der Waals surface area contributed by atoms with Crippen LogP contribution in [0.1, 0.15) is 82.6 Å². The van der Waals surface area contributed by atoms with Crippen molar-refractivity contribution in [2.45, 2.75) is 77.0 Å². The second kappa shape index (κ2) is 9.01. The van der Waals surface area contributed by atoms with Crippen molar-refractivity contribution >= 4 is 0 Å². The van der Waals surface area contributed by atoms with Crippen molar-refractivity contribution in [1.82, 2.24) is 0 Å². The van der Waals surface area contributed by atoms with Gasteiger partial charge in [-0.2, -0.15) is 4.39 Å². The van der Waals surface area contributed by atoms with E-state index in [1.165, 1.54) is 44.6 Å². The highest BCUT2D eigenvalue weighted by Crippen LogP contribution is 2.45. The summed E-state index contributed by atoms with van der Waals surface area (Å²) in [4.78, 5) is 0. The lowest BCUT2D eigenvalue weighted by atomic mass is 9.68. The molecule has 3 rings (SSSR count). The molecule has 0 aliphatic heterocycles. The Kier molecular flexibility index (Phi) is 6.72. The van der Waals surface area contributed by atoms with E-state index in [2.05, 4.69) is 13.5 Å². The van der Waals surface area contributed by atoms with Gasteiger partial charge in [-0.25, -0.2) is 4.39 Å². The molecule has 0 spiro atoms. The fraction of sp³-hybridized carbons (Fsp3) is 0.652. The van der Waals surface area contributed by atoms with Crippen LogP contribution >= 0.6 is 0 Å². The molecule has 0 bridgehead atoms. The molecule has 144 valence electrons. The van der Waals surface area contributed by atoms with Crippen LogP contribution in [0.25, 0.3) is 0 Å². The molecule has 26 heavy (non-hydrogen) atoms. The maximum Gasteiger partial charge on any atom is 0.201 e. The lowest BCUT2D eigenvalue weighted by Crippen LogP contribution is -2.25. The number of benzene rings is 1. The van der Waals surface area contributed by atoms with E-state index in [0.29, 0.717) is 5.56 Å². The summed E-state index contributed by atoms with van der Waals surface area (Å²) in [7, 11) is 0. The van der Waals surface area contributed by atoms with Gasteiger partial charge in [-0.1, -0.05) is 45.3 Å². The molecular weight excluding hydrogens is 330 g/mol. The Labute approximate surface area is 156 Å². The highest BCUT2D eigenvalue weighted by atomic mass is 19.2. The van der Waals surface area contributed by atoms with E-state index in [-0.39, 0.29) is 11.7 Å². The van der Waals surface area contributed by atoms with Gasteiger partial charge < -0.3 is 4.74 Å². The standard InChI is InChI=1S/C23H32F2O/c1-3-5-16-6-8-17(9-7-16)18-10-12-19(13-11-18)20-14-15-21(26-4-2)23(25)22(20)24/h4,14-19H,2-3,5-13H2,1H3. The van der Waals surface area contributed by atoms with Gasteiger partial charge in [-0.15, -0.1) is 0 Å². The van der Waals surface area contributed by atoms with Gasteiger partial charge >= 0.3 is 0 Å². The summed E-state index contributed by atoms with van der Waals surface area (Å²) in [5, 5.41) is 0. The first-order chi connectivity index (χ1) is 12.6. The maximum atomic E-state index is 14.4. The predicted octanol–water partition coefficient (Wildman–Crippen LogP) is 7.37. The lowest BCUT2D eigenvalue weighted by Gasteiger charge is -2.38. The van der Waals surface area contributed by atoms with Crippen LogP contribution in [-0.2, 0) is 0 Å². The van der Waals surface area contributed by atoms with Crippen molar-refractivity contribution < 1.29 is 13.5 Å². The molecule has 0 atom stereocenters. The first-order valence-electron chi connectivity index (χ1n) is 10.4. The molecule has 0 radical (unpaired) electrons. The topological polar surface area (TPSA) is 9.23 Å². The Morgan fingerprint density at radius 2 is 1.58 bits per heavy atom. The summed E-state index contributed by atoms with van der Waals surface area (Å²) in [5.41, 5.74) is 0.518. The predicted molar refractivity (Wildman–Crippen MR) is 102 cm³/mol. The molecule has 2 aliphatic rings. The van der Waals surface area contributed by atoms with Crippen molar-refractivity contribution in [3.05, 3.63) is 42.2 Å². The van der Waals surface area contributed by atoms with Gasteiger partial charge in [0.25, 0.3) is 0 Å². The summed E-state index contributed by atoms with van der Waals surface area (Å²) in [6, 6.07) is 3.22. The fourth-order valence-electron chi connectivity index (χ4n) is 5.30. The summed E-state index contributed by atoms with van der Waals surface area (Å²) in [6.07, 6.45) is 13.6. The molecule has 2 aliphatic carbocycles. The molecule has 1 aromatic rings.